The molecule has 0 atom stereocenters. The first kappa shape index (κ1) is 5.54. The Kier molecular flexibility index (Phi) is 1.07. The molecule has 0 amide bonds. The maximum absolute atomic E-state index is 10.0. The van der Waals surface area contributed by atoms with Crippen molar-refractivity contribution >= 4 is 0 Å². The van der Waals surface area contributed by atoms with Crippen LogP contribution in [0.2, 0.25) is 0 Å². The van der Waals surface area contributed by atoms with Crippen molar-refractivity contribution in [2.24, 2.45) is 0 Å². The Labute approximate surface area is 49.5 Å². The first-order valence-corrected chi connectivity index (χ1v) is 1.95. The summed E-state index contributed by atoms with van der Waals surface area (Å²) in [6.45, 7) is 0. The molecule has 9 heavy (non-hydrogen) atoms. The van der Waals surface area contributed by atoms with Crippen molar-refractivity contribution in [1.82, 2.24) is 15.0 Å². The second-order valence-corrected chi connectivity index (χ2v) is 1.18. The molecule has 0 saturated carbocycles. The van der Waals surface area contributed by atoms with Crippen molar-refractivity contribution in [3.05, 3.63) is 0 Å². The Hall–Kier alpha value is -1.59. The largest absolute Gasteiger partial charge is 0.844 e. The fraction of sp³-hybridized carbons (Fsp3) is 0. The number of hydrogen-bond donors (Lipinski definition) is 0. The summed E-state index contributed by atoms with van der Waals surface area (Å²) in [5.41, 5.74) is 0. The van der Waals surface area contributed by atoms with E-state index in [2.05, 4.69) is 15.0 Å². The van der Waals surface area contributed by atoms with Crippen molar-refractivity contribution in [3.63, 3.8) is 0 Å². The lowest BCUT2D eigenvalue weighted by atomic mass is 10.9. The van der Waals surface area contributed by atoms with Crippen LogP contribution < -0.4 is 15.3 Å². The Morgan fingerprint density at radius 2 is 0.889 bits per heavy atom. The van der Waals surface area contributed by atoms with Gasteiger partial charge in [-0.25, -0.2) is 15.0 Å². The van der Waals surface area contributed by atoms with Gasteiger partial charge >= 0.3 is 0 Å². The highest BCUT2D eigenvalue weighted by molar-refractivity contribution is 5.01. The molecule has 0 bridgehead atoms. The van der Waals surface area contributed by atoms with Gasteiger partial charge in [0.05, 0.1) is 18.0 Å². The standard InChI is InChI=1S/C3H3N3O3/c7-1-4-2(8)6-3(9)5-1/h(H3,4,5,6,7,8,9)/p-3. The normalized spacial score (nSPS) is 9.33. The summed E-state index contributed by atoms with van der Waals surface area (Å²) >= 11 is 0. The van der Waals surface area contributed by atoms with Crippen LogP contribution in [0.15, 0.2) is 0 Å². The fourth-order valence-electron chi connectivity index (χ4n) is 0.320. The Balaban J connectivity index is 3.17. The number of aromatic nitrogens is 3. The smallest absolute Gasteiger partial charge is 0.0844 e. The van der Waals surface area contributed by atoms with E-state index in [9.17, 15) is 15.3 Å². The Bertz CT molecular complexity index is 175. The molecule has 48 valence electrons. The van der Waals surface area contributed by atoms with E-state index in [1.165, 1.54) is 0 Å². The molecule has 0 aromatic carbocycles. The SMILES string of the molecule is [O-]c1nc([O-])nc([O-])n1. The molecule has 1 heterocycles. The average molecular weight is 126 g/mol. The Morgan fingerprint density at radius 3 is 1.11 bits per heavy atom. The molecule has 6 nitrogen and oxygen atoms in total. The highest BCUT2D eigenvalue weighted by atomic mass is 16.3. The molecule has 0 aliphatic rings. The molecular weight excluding hydrogens is 126 g/mol. The zero-order chi connectivity index (χ0) is 6.85. The van der Waals surface area contributed by atoms with E-state index in [1.807, 2.05) is 0 Å². The highest BCUT2D eigenvalue weighted by Crippen LogP contribution is 2.01. The van der Waals surface area contributed by atoms with Crippen LogP contribution in [-0.4, -0.2) is 15.0 Å². The van der Waals surface area contributed by atoms with E-state index in [0.29, 0.717) is 0 Å². The van der Waals surface area contributed by atoms with Gasteiger partial charge in [-0.1, -0.05) is 0 Å². The van der Waals surface area contributed by atoms with Crippen LogP contribution in [-0.2, 0) is 0 Å². The van der Waals surface area contributed by atoms with Crippen molar-refractivity contribution < 1.29 is 15.3 Å². The molecule has 0 N–H and O–H groups in total. The van der Waals surface area contributed by atoms with E-state index >= 15 is 0 Å². The zero-order valence-corrected chi connectivity index (χ0v) is 4.07. The van der Waals surface area contributed by atoms with E-state index in [-0.39, 0.29) is 0 Å². The highest BCUT2D eigenvalue weighted by Gasteiger charge is 1.79. The van der Waals surface area contributed by atoms with Crippen LogP contribution in [0.5, 0.6) is 18.0 Å². The van der Waals surface area contributed by atoms with Gasteiger partial charge in [-0.3, -0.25) is 0 Å². The number of rotatable bonds is 0. The first-order chi connectivity index (χ1) is 4.18. The molecule has 0 aliphatic carbocycles. The monoisotopic (exact) mass is 126 g/mol. The lowest BCUT2D eigenvalue weighted by Gasteiger charge is -2.12. The van der Waals surface area contributed by atoms with Crippen LogP contribution in [0.3, 0.4) is 0 Å². The maximum Gasteiger partial charge on any atom is 0.0844 e. The summed E-state index contributed by atoms with van der Waals surface area (Å²) in [5, 5.41) is 30.1. The predicted molar refractivity (Wildman–Crippen MR) is 18.2 cm³/mol. The minimum atomic E-state index is -1.08. The third-order valence-corrected chi connectivity index (χ3v) is 0.574. The van der Waals surface area contributed by atoms with Gasteiger partial charge in [-0.05, 0) is 0 Å². The Morgan fingerprint density at radius 1 is 0.667 bits per heavy atom. The molecular formula is C3N3O3-3. The number of hydrogen-bond acceptors (Lipinski definition) is 6. The fourth-order valence-corrected chi connectivity index (χ4v) is 0.320. The minimum Gasteiger partial charge on any atom is -0.844 e. The van der Waals surface area contributed by atoms with Crippen molar-refractivity contribution in [1.29, 1.82) is 0 Å². The maximum atomic E-state index is 10.0. The zero-order valence-electron chi connectivity index (χ0n) is 4.07. The quantitative estimate of drug-likeness (QED) is 0.368. The van der Waals surface area contributed by atoms with Crippen molar-refractivity contribution in [2.75, 3.05) is 0 Å². The molecule has 6 heteroatoms. The van der Waals surface area contributed by atoms with Gasteiger partial charge in [0.2, 0.25) is 0 Å². The van der Waals surface area contributed by atoms with E-state index in [4.69, 9.17) is 0 Å². The van der Waals surface area contributed by atoms with Crippen LogP contribution in [0, 0.1) is 0 Å². The van der Waals surface area contributed by atoms with Crippen LogP contribution in [0.1, 0.15) is 0 Å². The second kappa shape index (κ2) is 1.73. The summed E-state index contributed by atoms with van der Waals surface area (Å²) in [6, 6.07) is -3.25. The van der Waals surface area contributed by atoms with Gasteiger partial charge in [0.25, 0.3) is 0 Å². The summed E-state index contributed by atoms with van der Waals surface area (Å²) in [7, 11) is 0. The topological polar surface area (TPSA) is 108 Å². The summed E-state index contributed by atoms with van der Waals surface area (Å²) in [5.74, 6) is 0. The lowest BCUT2D eigenvalue weighted by Crippen LogP contribution is -2.08. The van der Waals surface area contributed by atoms with Gasteiger partial charge in [0, 0.05) is 0 Å². The third-order valence-electron chi connectivity index (χ3n) is 0.574. The molecule has 0 fully saturated rings. The van der Waals surface area contributed by atoms with Gasteiger partial charge in [0.1, 0.15) is 0 Å². The second-order valence-electron chi connectivity index (χ2n) is 1.18. The first-order valence-electron chi connectivity index (χ1n) is 1.95. The van der Waals surface area contributed by atoms with Gasteiger partial charge in [0.15, 0.2) is 0 Å². The molecule has 1 aromatic heterocycles. The molecule has 0 spiro atoms. The third kappa shape index (κ3) is 1.15. The summed E-state index contributed by atoms with van der Waals surface area (Å²) < 4.78 is 0. The minimum absolute atomic E-state index is 1.08. The van der Waals surface area contributed by atoms with E-state index < -0.39 is 18.0 Å². The number of nitrogens with zero attached hydrogens (tertiary/aromatic N) is 3. The van der Waals surface area contributed by atoms with Crippen LogP contribution in [0.4, 0.5) is 0 Å². The predicted octanol–water partition coefficient (Wildman–Crippen LogP) is -2.91. The lowest BCUT2D eigenvalue weighted by molar-refractivity contribution is -0.319. The van der Waals surface area contributed by atoms with Gasteiger partial charge in [-0.2, -0.15) is 0 Å². The average Bonchev–Trinajstić information content (AvgIpc) is 1.59. The summed E-state index contributed by atoms with van der Waals surface area (Å²) in [6.07, 6.45) is 0. The molecule has 0 aliphatic heterocycles. The van der Waals surface area contributed by atoms with E-state index in [1.54, 1.807) is 0 Å². The molecule has 0 saturated heterocycles. The van der Waals surface area contributed by atoms with Gasteiger partial charge in [-0.15, -0.1) is 0 Å². The molecule has 0 unspecified atom stereocenters. The van der Waals surface area contributed by atoms with Gasteiger partial charge < -0.3 is 15.3 Å². The van der Waals surface area contributed by atoms with Crippen molar-refractivity contribution in [3.8, 4) is 18.0 Å². The molecule has 1 aromatic rings. The van der Waals surface area contributed by atoms with E-state index in [0.717, 1.165) is 0 Å². The molecule has 0 radical (unpaired) electrons. The van der Waals surface area contributed by atoms with Crippen LogP contribution in [0.25, 0.3) is 0 Å². The van der Waals surface area contributed by atoms with Crippen LogP contribution >= 0.6 is 0 Å². The molecule has 1 rings (SSSR count). The summed E-state index contributed by atoms with van der Waals surface area (Å²) in [4.78, 5) is 8.10. The van der Waals surface area contributed by atoms with Crippen molar-refractivity contribution in [2.45, 2.75) is 0 Å².